The lowest BCUT2D eigenvalue weighted by atomic mass is 10.1. The third-order valence-electron chi connectivity index (χ3n) is 3.29. The van der Waals surface area contributed by atoms with Gasteiger partial charge in [-0.3, -0.25) is 0 Å². The Morgan fingerprint density at radius 2 is 1.85 bits per heavy atom. The molecule has 0 spiro atoms. The zero-order valence-corrected chi connectivity index (χ0v) is 13.9. The quantitative estimate of drug-likeness (QED) is 0.589. The molecular weight excluding hydrogens is 264 g/mol. The Morgan fingerprint density at radius 3 is 2.50 bits per heavy atom. The summed E-state index contributed by atoms with van der Waals surface area (Å²) >= 11 is 0. The second kappa shape index (κ2) is 6.37. The van der Waals surface area contributed by atoms with Gasteiger partial charge in [0.2, 0.25) is 0 Å². The normalized spacial score (nSPS) is 11.8. The molecule has 0 aliphatic carbocycles. The van der Waals surface area contributed by atoms with Crippen molar-refractivity contribution in [1.82, 2.24) is 9.55 Å². The highest BCUT2D eigenvalue weighted by molar-refractivity contribution is 6.76. The van der Waals surface area contributed by atoms with Gasteiger partial charge >= 0.3 is 0 Å². The van der Waals surface area contributed by atoms with Gasteiger partial charge in [-0.05, 0) is 13.0 Å². The highest BCUT2D eigenvalue weighted by Crippen LogP contribution is 2.22. The molecule has 2 rings (SSSR count). The summed E-state index contributed by atoms with van der Waals surface area (Å²) < 4.78 is 7.92. The van der Waals surface area contributed by atoms with Gasteiger partial charge in [-0.1, -0.05) is 50.0 Å². The monoisotopic (exact) mass is 288 g/mol. The van der Waals surface area contributed by atoms with E-state index in [0.29, 0.717) is 6.73 Å². The van der Waals surface area contributed by atoms with E-state index >= 15 is 0 Å². The summed E-state index contributed by atoms with van der Waals surface area (Å²) in [7, 11) is -1.02. The molecule has 1 aromatic heterocycles. The van der Waals surface area contributed by atoms with Crippen molar-refractivity contribution in [2.24, 2.45) is 0 Å². The first-order valence-electron chi connectivity index (χ1n) is 7.12. The van der Waals surface area contributed by atoms with E-state index in [1.807, 2.05) is 19.3 Å². The molecule has 0 bridgehead atoms. The van der Waals surface area contributed by atoms with Crippen molar-refractivity contribution in [2.75, 3.05) is 6.61 Å². The van der Waals surface area contributed by atoms with Crippen molar-refractivity contribution >= 4 is 8.07 Å². The molecule has 0 unspecified atom stereocenters. The maximum Gasteiger partial charge on any atom is 0.124 e. The van der Waals surface area contributed by atoms with E-state index in [1.54, 1.807) is 0 Å². The van der Waals surface area contributed by atoms with Crippen LogP contribution in [-0.2, 0) is 11.5 Å². The number of rotatable bonds is 6. The number of imidazole rings is 1. The predicted molar refractivity (Wildman–Crippen MR) is 86.5 cm³/mol. The molecule has 0 saturated carbocycles. The number of ether oxygens (including phenoxy) is 1. The molecule has 0 atom stereocenters. The summed E-state index contributed by atoms with van der Waals surface area (Å²) in [5.41, 5.74) is 3.39. The number of aromatic nitrogens is 2. The zero-order chi connectivity index (χ0) is 14.6. The summed E-state index contributed by atoms with van der Waals surface area (Å²) in [4.78, 5) is 4.41. The lowest BCUT2D eigenvalue weighted by Crippen LogP contribution is -2.22. The van der Waals surface area contributed by atoms with Crippen LogP contribution < -0.4 is 0 Å². The van der Waals surface area contributed by atoms with Crippen LogP contribution in [0.25, 0.3) is 11.3 Å². The Hall–Kier alpha value is -1.39. The van der Waals surface area contributed by atoms with Crippen LogP contribution in [0.15, 0.2) is 36.7 Å². The Labute approximate surface area is 122 Å². The van der Waals surface area contributed by atoms with Gasteiger partial charge in [0, 0.05) is 20.2 Å². The van der Waals surface area contributed by atoms with Gasteiger partial charge in [-0.25, -0.2) is 4.98 Å². The summed E-state index contributed by atoms with van der Waals surface area (Å²) in [5, 5.41) is 0. The standard InChI is InChI=1S/C16H24N2OSi/c1-14-16(15-8-6-5-7-9-15)18(12-17-14)13-19-10-11-20(2,3)4/h5-9,12H,10-11,13H2,1-4H3. The minimum atomic E-state index is -1.02. The molecule has 0 saturated heterocycles. The Morgan fingerprint density at radius 1 is 1.15 bits per heavy atom. The van der Waals surface area contributed by atoms with Crippen LogP contribution in [0.4, 0.5) is 0 Å². The molecule has 20 heavy (non-hydrogen) atoms. The van der Waals surface area contributed by atoms with E-state index in [0.717, 1.165) is 18.0 Å². The van der Waals surface area contributed by atoms with Crippen molar-refractivity contribution in [2.45, 2.75) is 39.3 Å². The van der Waals surface area contributed by atoms with E-state index in [4.69, 9.17) is 4.74 Å². The summed E-state index contributed by atoms with van der Waals surface area (Å²) in [6, 6.07) is 11.6. The van der Waals surface area contributed by atoms with E-state index in [-0.39, 0.29) is 0 Å². The van der Waals surface area contributed by atoms with Crippen LogP contribution in [0.5, 0.6) is 0 Å². The minimum Gasteiger partial charge on any atom is -0.361 e. The van der Waals surface area contributed by atoms with Crippen molar-refractivity contribution in [3.63, 3.8) is 0 Å². The average Bonchev–Trinajstić information content (AvgIpc) is 2.76. The van der Waals surface area contributed by atoms with Crippen LogP contribution in [0.2, 0.25) is 25.7 Å². The SMILES string of the molecule is Cc1ncn(COCC[Si](C)(C)C)c1-c1ccccc1. The second-order valence-corrected chi connectivity index (χ2v) is 12.0. The first-order chi connectivity index (χ1) is 9.47. The highest BCUT2D eigenvalue weighted by atomic mass is 28.3. The molecule has 0 amide bonds. The van der Waals surface area contributed by atoms with Crippen molar-refractivity contribution in [3.05, 3.63) is 42.4 Å². The fraction of sp³-hybridized carbons (Fsp3) is 0.438. The molecule has 2 aromatic rings. The van der Waals surface area contributed by atoms with Gasteiger partial charge in [-0.15, -0.1) is 0 Å². The molecule has 108 valence electrons. The second-order valence-electron chi connectivity index (χ2n) is 6.36. The first-order valence-corrected chi connectivity index (χ1v) is 10.8. The third kappa shape index (κ3) is 4.05. The lowest BCUT2D eigenvalue weighted by molar-refractivity contribution is 0.0881. The smallest absolute Gasteiger partial charge is 0.124 e. The lowest BCUT2D eigenvalue weighted by Gasteiger charge is -2.16. The Bertz CT molecular complexity index is 543. The average molecular weight is 288 g/mol. The molecule has 0 radical (unpaired) electrons. The summed E-state index contributed by atoms with van der Waals surface area (Å²) in [6.07, 6.45) is 1.87. The highest BCUT2D eigenvalue weighted by Gasteiger charge is 2.13. The molecule has 0 aliphatic heterocycles. The largest absolute Gasteiger partial charge is 0.361 e. The Kier molecular flexibility index (Phi) is 4.78. The Balaban J connectivity index is 2.03. The molecule has 0 N–H and O–H groups in total. The molecule has 3 nitrogen and oxygen atoms in total. The van der Waals surface area contributed by atoms with Gasteiger partial charge in [0.15, 0.2) is 0 Å². The molecule has 1 aromatic carbocycles. The fourth-order valence-corrected chi connectivity index (χ4v) is 2.85. The number of hydrogen-bond donors (Lipinski definition) is 0. The molecule has 1 heterocycles. The van der Waals surface area contributed by atoms with Gasteiger partial charge in [0.1, 0.15) is 6.73 Å². The van der Waals surface area contributed by atoms with E-state index < -0.39 is 8.07 Å². The van der Waals surface area contributed by atoms with Gasteiger partial charge in [0.25, 0.3) is 0 Å². The van der Waals surface area contributed by atoms with Crippen molar-refractivity contribution in [3.8, 4) is 11.3 Å². The molecule has 0 aliphatic rings. The maximum atomic E-state index is 5.83. The van der Waals surface area contributed by atoms with Crippen LogP contribution in [0.1, 0.15) is 5.69 Å². The number of benzene rings is 1. The van der Waals surface area contributed by atoms with Crippen LogP contribution in [-0.4, -0.2) is 24.2 Å². The zero-order valence-electron chi connectivity index (χ0n) is 12.9. The fourth-order valence-electron chi connectivity index (χ4n) is 2.09. The minimum absolute atomic E-state index is 0.579. The topological polar surface area (TPSA) is 27.1 Å². The van der Waals surface area contributed by atoms with Crippen molar-refractivity contribution in [1.29, 1.82) is 0 Å². The summed E-state index contributed by atoms with van der Waals surface area (Å²) in [6.45, 7) is 10.6. The number of aryl methyl sites for hydroxylation is 1. The van der Waals surface area contributed by atoms with Crippen LogP contribution in [0, 0.1) is 6.92 Å². The van der Waals surface area contributed by atoms with Crippen LogP contribution >= 0.6 is 0 Å². The van der Waals surface area contributed by atoms with E-state index in [9.17, 15) is 0 Å². The van der Waals surface area contributed by atoms with E-state index in [1.165, 1.54) is 11.6 Å². The maximum absolute atomic E-state index is 5.83. The molecule has 4 heteroatoms. The predicted octanol–water partition coefficient (Wildman–Crippen LogP) is 4.17. The van der Waals surface area contributed by atoms with Gasteiger partial charge in [0.05, 0.1) is 17.7 Å². The number of nitrogens with zero attached hydrogens (tertiary/aromatic N) is 2. The van der Waals surface area contributed by atoms with Gasteiger partial charge in [-0.2, -0.15) is 0 Å². The third-order valence-corrected chi connectivity index (χ3v) is 5.00. The van der Waals surface area contributed by atoms with Gasteiger partial charge < -0.3 is 9.30 Å². The first kappa shape index (κ1) is 15.0. The molecular formula is C16H24N2OSi. The van der Waals surface area contributed by atoms with Crippen molar-refractivity contribution < 1.29 is 4.74 Å². The van der Waals surface area contributed by atoms with E-state index in [2.05, 4.69) is 53.5 Å². The summed E-state index contributed by atoms with van der Waals surface area (Å²) in [5.74, 6) is 0. The molecule has 0 fully saturated rings. The van der Waals surface area contributed by atoms with Crippen LogP contribution in [0.3, 0.4) is 0 Å². The number of hydrogen-bond acceptors (Lipinski definition) is 2.